The zero-order valence-electron chi connectivity index (χ0n) is 25.4. The van der Waals surface area contributed by atoms with Gasteiger partial charge in [0.05, 0.1) is 11.4 Å². The van der Waals surface area contributed by atoms with Crippen molar-refractivity contribution < 1.29 is 0 Å². The highest BCUT2D eigenvalue weighted by Gasteiger charge is 2.18. The largest absolute Gasteiger partial charge is 0.297 e. The molecule has 0 spiro atoms. The molecule has 228 valence electrons. The third kappa shape index (κ3) is 8.92. The second-order valence-electron chi connectivity index (χ2n) is 11.1. The van der Waals surface area contributed by atoms with E-state index in [1.54, 1.807) is 0 Å². The third-order valence-electron chi connectivity index (χ3n) is 8.37. The van der Waals surface area contributed by atoms with Crippen LogP contribution in [0.15, 0.2) is 60.9 Å². The number of nitrogens with zero attached hydrogens (tertiary/aromatic N) is 4. The van der Waals surface area contributed by atoms with Gasteiger partial charge < -0.3 is 0 Å². The van der Waals surface area contributed by atoms with E-state index >= 15 is 0 Å². The minimum absolute atomic E-state index is 0. The number of piperazine rings is 1. The van der Waals surface area contributed by atoms with Gasteiger partial charge in [-0.1, -0.05) is 6.07 Å². The summed E-state index contributed by atoms with van der Waals surface area (Å²) in [5.74, 6) is 0. The molecule has 0 bridgehead atoms. The molecule has 2 aromatic carbocycles. The highest BCUT2D eigenvalue weighted by molar-refractivity contribution is 5.86. The van der Waals surface area contributed by atoms with E-state index in [2.05, 4.69) is 111 Å². The summed E-state index contributed by atoms with van der Waals surface area (Å²) in [6.07, 6.45) is 4.01. The molecule has 0 unspecified atom stereocenters. The summed E-state index contributed by atoms with van der Waals surface area (Å²) in [7, 11) is 0. The Kier molecular flexibility index (Phi) is 15.0. The van der Waals surface area contributed by atoms with Crippen LogP contribution in [-0.4, -0.2) is 45.9 Å². The maximum atomic E-state index is 4.80. The summed E-state index contributed by atoms with van der Waals surface area (Å²) < 4.78 is 0. The van der Waals surface area contributed by atoms with Crippen molar-refractivity contribution in [2.45, 2.75) is 54.6 Å². The fraction of sp³-hybridized carbons (Fsp3) is 0.353. The lowest BCUT2D eigenvalue weighted by Gasteiger charge is -2.34. The van der Waals surface area contributed by atoms with Gasteiger partial charge in [0.25, 0.3) is 0 Å². The van der Waals surface area contributed by atoms with Gasteiger partial charge >= 0.3 is 0 Å². The predicted octanol–water partition coefficient (Wildman–Crippen LogP) is 8.67. The number of aromatic nitrogens is 2. The Bertz CT molecular complexity index is 1400. The molecule has 2 aromatic heterocycles. The second kappa shape index (κ2) is 16.6. The highest BCUT2D eigenvalue weighted by Crippen LogP contribution is 2.26. The van der Waals surface area contributed by atoms with Crippen molar-refractivity contribution in [1.29, 1.82) is 0 Å². The monoisotopic (exact) mass is 648 g/mol. The number of hydrogen-bond acceptors (Lipinski definition) is 4. The molecule has 1 fully saturated rings. The summed E-state index contributed by atoms with van der Waals surface area (Å²) in [6, 6.07) is 17.9. The Balaban J connectivity index is 0.00000220. The highest BCUT2D eigenvalue weighted by atomic mass is 35.5. The molecule has 0 radical (unpaired) electrons. The van der Waals surface area contributed by atoms with Gasteiger partial charge in [-0.25, -0.2) is 0 Å². The summed E-state index contributed by atoms with van der Waals surface area (Å²) in [5, 5.41) is 0. The van der Waals surface area contributed by atoms with E-state index in [4.69, 9.17) is 4.98 Å². The zero-order chi connectivity index (χ0) is 26.8. The molecular formula is C34H44Cl4N4. The maximum absolute atomic E-state index is 4.80. The van der Waals surface area contributed by atoms with Crippen LogP contribution in [0.4, 0.5) is 0 Å². The summed E-state index contributed by atoms with van der Waals surface area (Å²) in [5.41, 5.74) is 15.2. The number of pyridine rings is 2. The number of benzene rings is 2. The average molecular weight is 651 g/mol. The van der Waals surface area contributed by atoms with Crippen LogP contribution < -0.4 is 0 Å². The first-order valence-electron chi connectivity index (χ1n) is 13.8. The quantitative estimate of drug-likeness (QED) is 0.209. The number of halogens is 4. The molecule has 42 heavy (non-hydrogen) atoms. The van der Waals surface area contributed by atoms with E-state index < -0.39 is 0 Å². The van der Waals surface area contributed by atoms with E-state index in [0.717, 1.165) is 50.7 Å². The van der Waals surface area contributed by atoms with Crippen molar-refractivity contribution in [3.05, 3.63) is 105 Å². The van der Waals surface area contributed by atoms with Crippen LogP contribution in [0.25, 0.3) is 22.5 Å². The van der Waals surface area contributed by atoms with Crippen LogP contribution in [-0.2, 0) is 13.1 Å². The molecule has 4 aromatic rings. The van der Waals surface area contributed by atoms with Gasteiger partial charge in [0.15, 0.2) is 0 Å². The molecule has 4 nitrogen and oxygen atoms in total. The van der Waals surface area contributed by atoms with Crippen LogP contribution in [0.5, 0.6) is 0 Å². The first-order chi connectivity index (χ1) is 18.3. The van der Waals surface area contributed by atoms with Gasteiger partial charge in [0, 0.05) is 62.8 Å². The Hall–Kier alpha value is -2.18. The molecular weight excluding hydrogens is 606 g/mol. The van der Waals surface area contributed by atoms with Gasteiger partial charge in [0.1, 0.15) is 0 Å². The van der Waals surface area contributed by atoms with Crippen LogP contribution >= 0.6 is 49.6 Å². The molecule has 5 rings (SSSR count). The fourth-order valence-corrected chi connectivity index (χ4v) is 5.41. The van der Waals surface area contributed by atoms with Crippen LogP contribution in [0.3, 0.4) is 0 Å². The maximum Gasteiger partial charge on any atom is 0.0705 e. The molecule has 0 amide bonds. The first kappa shape index (κ1) is 37.8. The van der Waals surface area contributed by atoms with Gasteiger partial charge in [0.2, 0.25) is 0 Å². The molecule has 0 aliphatic carbocycles. The van der Waals surface area contributed by atoms with E-state index in [1.807, 2.05) is 6.20 Å². The van der Waals surface area contributed by atoms with E-state index in [9.17, 15) is 0 Å². The van der Waals surface area contributed by atoms with Crippen molar-refractivity contribution in [1.82, 2.24) is 19.8 Å². The van der Waals surface area contributed by atoms with Crippen molar-refractivity contribution in [3.63, 3.8) is 0 Å². The zero-order valence-corrected chi connectivity index (χ0v) is 28.7. The van der Waals surface area contributed by atoms with Crippen LogP contribution in [0.1, 0.15) is 44.5 Å². The van der Waals surface area contributed by atoms with Crippen molar-refractivity contribution in [3.8, 4) is 22.5 Å². The van der Waals surface area contributed by atoms with E-state index in [0.29, 0.717) is 0 Å². The van der Waals surface area contributed by atoms with Gasteiger partial charge in [-0.3, -0.25) is 19.8 Å². The SMILES string of the molecule is Cc1cc(-c2ccc(CN3CCN(Cc4ccnc(-c5cc(C)c(C)c(C)c5)c4)CC3)cn2)cc(C)c1C.Cl.Cl.Cl.Cl. The molecule has 0 N–H and O–H groups in total. The molecule has 3 heterocycles. The summed E-state index contributed by atoms with van der Waals surface area (Å²) >= 11 is 0. The molecule has 0 atom stereocenters. The van der Waals surface area contributed by atoms with Gasteiger partial charge in [-0.2, -0.15) is 0 Å². The van der Waals surface area contributed by atoms with Gasteiger partial charge in [-0.15, -0.1) is 49.6 Å². The Labute approximate surface area is 277 Å². The summed E-state index contributed by atoms with van der Waals surface area (Å²) in [4.78, 5) is 14.6. The summed E-state index contributed by atoms with van der Waals surface area (Å²) in [6.45, 7) is 19.3. The minimum Gasteiger partial charge on any atom is -0.297 e. The topological polar surface area (TPSA) is 32.3 Å². The molecule has 8 heteroatoms. The molecule has 0 saturated carbocycles. The number of aryl methyl sites for hydroxylation is 4. The standard InChI is InChI=1S/C34H40N4.4ClH/c1-23-15-31(16-24(2)27(23)5)33-8-7-30(20-36-33)22-38-13-11-37(12-14-38)21-29-9-10-35-34(19-29)32-17-25(3)28(6)26(4)18-32;;;;/h7-10,15-20H,11-14,21-22H2,1-6H3;4*1H. The minimum atomic E-state index is 0. The Morgan fingerprint density at radius 2 is 0.976 bits per heavy atom. The molecule has 1 saturated heterocycles. The van der Waals surface area contributed by atoms with E-state index in [1.165, 1.54) is 55.6 Å². The number of rotatable bonds is 6. The smallest absolute Gasteiger partial charge is 0.0705 e. The predicted molar refractivity (Wildman–Crippen MR) is 187 cm³/mol. The molecule has 1 aliphatic heterocycles. The lowest BCUT2D eigenvalue weighted by Crippen LogP contribution is -2.45. The Morgan fingerprint density at radius 1 is 0.524 bits per heavy atom. The molecule has 1 aliphatic rings. The lowest BCUT2D eigenvalue weighted by atomic mass is 9.98. The number of hydrogen-bond donors (Lipinski definition) is 0. The van der Waals surface area contributed by atoms with Crippen molar-refractivity contribution in [2.75, 3.05) is 26.2 Å². The van der Waals surface area contributed by atoms with Crippen molar-refractivity contribution >= 4 is 49.6 Å². The third-order valence-corrected chi connectivity index (χ3v) is 8.37. The Morgan fingerprint density at radius 3 is 1.43 bits per heavy atom. The normalized spacial score (nSPS) is 13.3. The fourth-order valence-electron chi connectivity index (χ4n) is 5.41. The van der Waals surface area contributed by atoms with Crippen LogP contribution in [0.2, 0.25) is 0 Å². The first-order valence-corrected chi connectivity index (χ1v) is 13.8. The lowest BCUT2D eigenvalue weighted by molar-refractivity contribution is 0.122. The van der Waals surface area contributed by atoms with Gasteiger partial charge in [-0.05, 0) is 129 Å². The second-order valence-corrected chi connectivity index (χ2v) is 11.1. The average Bonchev–Trinajstić information content (AvgIpc) is 2.91. The van der Waals surface area contributed by atoms with E-state index in [-0.39, 0.29) is 49.6 Å². The van der Waals surface area contributed by atoms with Crippen LogP contribution in [0, 0.1) is 41.5 Å². The van der Waals surface area contributed by atoms with Crippen molar-refractivity contribution in [2.24, 2.45) is 0 Å².